The fourth-order valence-electron chi connectivity index (χ4n) is 2.24. The van der Waals surface area contributed by atoms with Gasteiger partial charge in [-0.25, -0.2) is 0 Å². The van der Waals surface area contributed by atoms with E-state index in [1.54, 1.807) is 12.1 Å². The number of anilines is 2. The smallest absolute Gasteiger partial charge is 0.255 e. The zero-order valence-corrected chi connectivity index (χ0v) is 14.1. The highest BCUT2D eigenvalue weighted by atomic mass is 35.5. The van der Waals surface area contributed by atoms with Gasteiger partial charge in [-0.15, -0.1) is 0 Å². The second kappa shape index (κ2) is 6.01. The van der Waals surface area contributed by atoms with Gasteiger partial charge < -0.3 is 11.1 Å². The Morgan fingerprint density at radius 2 is 1.73 bits per heavy atom. The molecule has 4 heteroatoms. The van der Waals surface area contributed by atoms with E-state index in [4.69, 9.17) is 17.3 Å². The van der Waals surface area contributed by atoms with Crippen molar-refractivity contribution in [3.05, 3.63) is 58.1 Å². The van der Waals surface area contributed by atoms with E-state index in [1.807, 2.05) is 31.2 Å². The Morgan fingerprint density at radius 3 is 2.23 bits per heavy atom. The van der Waals surface area contributed by atoms with Crippen LogP contribution in [0.2, 0.25) is 5.02 Å². The van der Waals surface area contributed by atoms with Crippen molar-refractivity contribution in [2.45, 2.75) is 33.1 Å². The summed E-state index contributed by atoms with van der Waals surface area (Å²) < 4.78 is 0. The number of benzene rings is 2. The fraction of sp³-hybridized carbons (Fsp3) is 0.278. The van der Waals surface area contributed by atoms with Gasteiger partial charge in [-0.3, -0.25) is 4.79 Å². The van der Waals surface area contributed by atoms with Crippen LogP contribution in [-0.2, 0) is 5.41 Å². The third-order valence-electron chi connectivity index (χ3n) is 3.56. The van der Waals surface area contributed by atoms with Crippen LogP contribution in [0.25, 0.3) is 0 Å². The maximum Gasteiger partial charge on any atom is 0.255 e. The molecule has 3 nitrogen and oxygen atoms in total. The van der Waals surface area contributed by atoms with Crippen LogP contribution < -0.4 is 11.1 Å². The first-order chi connectivity index (χ1) is 10.2. The Labute approximate surface area is 136 Å². The van der Waals surface area contributed by atoms with Crippen molar-refractivity contribution in [2.75, 3.05) is 11.1 Å². The van der Waals surface area contributed by atoms with Crippen LogP contribution in [0.1, 0.15) is 42.3 Å². The fourth-order valence-corrected chi connectivity index (χ4v) is 2.56. The van der Waals surface area contributed by atoms with Gasteiger partial charge >= 0.3 is 0 Å². The van der Waals surface area contributed by atoms with Crippen molar-refractivity contribution < 1.29 is 4.79 Å². The normalized spacial score (nSPS) is 11.3. The molecule has 0 aromatic heterocycles. The maximum absolute atomic E-state index is 12.4. The van der Waals surface area contributed by atoms with Crippen molar-refractivity contribution in [3.8, 4) is 0 Å². The number of amides is 1. The summed E-state index contributed by atoms with van der Waals surface area (Å²) in [5.41, 5.74) is 9.59. The van der Waals surface area contributed by atoms with E-state index in [2.05, 4.69) is 26.1 Å². The molecule has 0 fully saturated rings. The molecule has 1 amide bonds. The molecule has 0 unspecified atom stereocenters. The lowest BCUT2D eigenvalue weighted by Crippen LogP contribution is -2.15. The standard InChI is InChI=1S/C18H21ClN2O/c1-11-9-14(20)10-15(19)16(11)21-17(22)12-5-7-13(8-6-12)18(2,3)4/h5-10H,20H2,1-4H3,(H,21,22). The van der Waals surface area contributed by atoms with E-state index in [-0.39, 0.29) is 11.3 Å². The monoisotopic (exact) mass is 316 g/mol. The maximum atomic E-state index is 12.4. The summed E-state index contributed by atoms with van der Waals surface area (Å²) in [4.78, 5) is 12.4. The summed E-state index contributed by atoms with van der Waals surface area (Å²) in [7, 11) is 0. The molecule has 2 aromatic carbocycles. The average Bonchev–Trinajstić information content (AvgIpc) is 2.41. The van der Waals surface area contributed by atoms with Crippen LogP contribution in [0.5, 0.6) is 0 Å². The van der Waals surface area contributed by atoms with Gasteiger partial charge in [-0.05, 0) is 47.7 Å². The van der Waals surface area contributed by atoms with Gasteiger partial charge in [0.1, 0.15) is 0 Å². The highest BCUT2D eigenvalue weighted by Gasteiger charge is 2.15. The molecule has 0 saturated carbocycles. The number of hydrogen-bond acceptors (Lipinski definition) is 2. The molecule has 0 spiro atoms. The number of hydrogen-bond donors (Lipinski definition) is 2. The summed E-state index contributed by atoms with van der Waals surface area (Å²) in [6, 6.07) is 11.0. The zero-order chi connectivity index (χ0) is 16.5. The largest absolute Gasteiger partial charge is 0.399 e. The van der Waals surface area contributed by atoms with E-state index >= 15 is 0 Å². The summed E-state index contributed by atoms with van der Waals surface area (Å²) in [6.07, 6.45) is 0. The first kappa shape index (κ1) is 16.4. The number of nitrogens with two attached hydrogens (primary N) is 1. The van der Waals surface area contributed by atoms with Gasteiger partial charge in [0.15, 0.2) is 0 Å². The number of rotatable bonds is 2. The molecule has 22 heavy (non-hydrogen) atoms. The van der Waals surface area contributed by atoms with Gasteiger partial charge in [-0.2, -0.15) is 0 Å². The molecule has 2 rings (SSSR count). The van der Waals surface area contributed by atoms with Crippen molar-refractivity contribution >= 4 is 28.9 Å². The van der Waals surface area contributed by atoms with E-state index in [9.17, 15) is 4.79 Å². The lowest BCUT2D eigenvalue weighted by molar-refractivity contribution is 0.102. The first-order valence-corrected chi connectivity index (χ1v) is 7.54. The van der Waals surface area contributed by atoms with Gasteiger partial charge in [0.05, 0.1) is 10.7 Å². The minimum atomic E-state index is -0.185. The highest BCUT2D eigenvalue weighted by molar-refractivity contribution is 6.34. The molecule has 2 aromatic rings. The lowest BCUT2D eigenvalue weighted by atomic mass is 9.87. The second-order valence-corrected chi connectivity index (χ2v) is 6.88. The quantitative estimate of drug-likeness (QED) is 0.783. The first-order valence-electron chi connectivity index (χ1n) is 7.16. The van der Waals surface area contributed by atoms with Crippen LogP contribution in [0, 0.1) is 6.92 Å². The molecule has 0 heterocycles. The zero-order valence-electron chi connectivity index (χ0n) is 13.3. The molecule has 0 radical (unpaired) electrons. The molecular weight excluding hydrogens is 296 g/mol. The van der Waals surface area contributed by atoms with Crippen LogP contribution in [-0.4, -0.2) is 5.91 Å². The van der Waals surface area contributed by atoms with Crippen LogP contribution in [0.15, 0.2) is 36.4 Å². The minimum Gasteiger partial charge on any atom is -0.399 e. The average molecular weight is 317 g/mol. The molecule has 0 bridgehead atoms. The molecule has 0 aliphatic carbocycles. The molecule has 0 saturated heterocycles. The highest BCUT2D eigenvalue weighted by Crippen LogP contribution is 2.29. The number of nitrogens with one attached hydrogen (secondary N) is 1. The van der Waals surface area contributed by atoms with E-state index in [0.717, 1.165) is 5.56 Å². The van der Waals surface area contributed by atoms with Gasteiger partial charge in [0.2, 0.25) is 0 Å². The van der Waals surface area contributed by atoms with Crippen molar-refractivity contribution in [1.29, 1.82) is 0 Å². The third kappa shape index (κ3) is 3.60. The number of nitrogen functional groups attached to an aromatic ring is 1. The van der Waals surface area contributed by atoms with Crippen LogP contribution in [0.4, 0.5) is 11.4 Å². The van der Waals surface area contributed by atoms with Gasteiger partial charge in [-0.1, -0.05) is 44.5 Å². The van der Waals surface area contributed by atoms with Crippen LogP contribution in [0.3, 0.4) is 0 Å². The Morgan fingerprint density at radius 1 is 1.14 bits per heavy atom. The predicted octanol–water partition coefficient (Wildman–Crippen LogP) is 4.78. The number of aryl methyl sites for hydroxylation is 1. The molecule has 0 aliphatic heterocycles. The topological polar surface area (TPSA) is 55.1 Å². The molecule has 116 valence electrons. The van der Waals surface area contributed by atoms with E-state index in [0.29, 0.717) is 22.0 Å². The Balaban J connectivity index is 2.23. The minimum absolute atomic E-state index is 0.0614. The van der Waals surface area contributed by atoms with E-state index in [1.165, 1.54) is 5.56 Å². The summed E-state index contributed by atoms with van der Waals surface area (Å²) >= 11 is 6.16. The van der Waals surface area contributed by atoms with Gasteiger partial charge in [0.25, 0.3) is 5.91 Å². The third-order valence-corrected chi connectivity index (χ3v) is 3.86. The molecule has 0 atom stereocenters. The number of carbonyl (C=O) groups excluding carboxylic acids is 1. The molecule has 3 N–H and O–H groups in total. The Kier molecular flexibility index (Phi) is 4.47. The number of carbonyl (C=O) groups is 1. The van der Waals surface area contributed by atoms with E-state index < -0.39 is 0 Å². The lowest BCUT2D eigenvalue weighted by Gasteiger charge is -2.19. The second-order valence-electron chi connectivity index (χ2n) is 6.48. The summed E-state index contributed by atoms with van der Waals surface area (Å²) in [5, 5.41) is 3.30. The van der Waals surface area contributed by atoms with Crippen molar-refractivity contribution in [3.63, 3.8) is 0 Å². The summed E-state index contributed by atoms with van der Waals surface area (Å²) in [6.45, 7) is 8.28. The Bertz CT molecular complexity index is 677. The summed E-state index contributed by atoms with van der Waals surface area (Å²) in [5.74, 6) is -0.185. The predicted molar refractivity (Wildman–Crippen MR) is 93.7 cm³/mol. The van der Waals surface area contributed by atoms with Crippen molar-refractivity contribution in [1.82, 2.24) is 0 Å². The SMILES string of the molecule is Cc1cc(N)cc(Cl)c1NC(=O)c1ccc(C(C)(C)C)cc1. The van der Waals surface area contributed by atoms with Crippen LogP contribution >= 0.6 is 11.6 Å². The van der Waals surface area contributed by atoms with Crippen molar-refractivity contribution in [2.24, 2.45) is 0 Å². The molecule has 0 aliphatic rings. The van der Waals surface area contributed by atoms with Gasteiger partial charge in [0, 0.05) is 11.3 Å². The number of halogens is 1. The molecular formula is C18H21ClN2O. The Hall–Kier alpha value is -2.00.